The van der Waals surface area contributed by atoms with Gasteiger partial charge in [-0.15, -0.1) is 0 Å². The van der Waals surface area contributed by atoms with E-state index < -0.39 is 15.6 Å². The van der Waals surface area contributed by atoms with Crippen LogP contribution in [-0.4, -0.2) is 45.1 Å². The van der Waals surface area contributed by atoms with Gasteiger partial charge in [-0.05, 0) is 26.0 Å². The lowest BCUT2D eigenvalue weighted by Gasteiger charge is -2.37. The van der Waals surface area contributed by atoms with E-state index in [0.29, 0.717) is 30.3 Å². The number of nitrogens with zero attached hydrogens (tertiary/aromatic N) is 1. The third-order valence-corrected chi connectivity index (χ3v) is 5.07. The van der Waals surface area contributed by atoms with E-state index in [0.717, 1.165) is 0 Å². The molecule has 0 spiro atoms. The van der Waals surface area contributed by atoms with Gasteiger partial charge in [0.25, 0.3) is 0 Å². The Balaban J connectivity index is 2.37. The van der Waals surface area contributed by atoms with Crippen LogP contribution < -0.4 is 5.32 Å². The summed E-state index contributed by atoms with van der Waals surface area (Å²) >= 11 is 0. The van der Waals surface area contributed by atoms with Crippen molar-refractivity contribution < 1.29 is 13.2 Å². The van der Waals surface area contributed by atoms with Crippen LogP contribution in [-0.2, 0) is 14.8 Å². The lowest BCUT2D eigenvalue weighted by atomic mass is 10.1. The minimum atomic E-state index is -3.48. The van der Waals surface area contributed by atoms with Crippen LogP contribution in [0.3, 0.4) is 0 Å². The number of para-hydroxylation sites is 1. The van der Waals surface area contributed by atoms with Crippen LogP contribution in [0.5, 0.6) is 0 Å². The molecule has 0 saturated carbocycles. The van der Waals surface area contributed by atoms with Gasteiger partial charge in [0.15, 0.2) is 0 Å². The molecule has 6 heteroatoms. The van der Waals surface area contributed by atoms with Gasteiger partial charge in [0, 0.05) is 20.1 Å². The van der Waals surface area contributed by atoms with Crippen molar-refractivity contribution in [1.82, 2.24) is 4.31 Å². The number of morpholine rings is 1. The highest BCUT2D eigenvalue weighted by atomic mass is 32.2. The zero-order valence-corrected chi connectivity index (χ0v) is 12.3. The molecule has 0 bridgehead atoms. The minimum absolute atomic E-state index is 0.315. The van der Waals surface area contributed by atoms with Crippen molar-refractivity contribution in [2.24, 2.45) is 0 Å². The number of rotatable bonds is 3. The topological polar surface area (TPSA) is 58.6 Å². The molecule has 0 amide bonds. The van der Waals surface area contributed by atoms with E-state index in [4.69, 9.17) is 4.74 Å². The average Bonchev–Trinajstić information content (AvgIpc) is 2.37. The number of sulfonamides is 1. The van der Waals surface area contributed by atoms with Gasteiger partial charge >= 0.3 is 0 Å². The molecule has 0 aromatic heterocycles. The van der Waals surface area contributed by atoms with Gasteiger partial charge in [-0.1, -0.05) is 12.1 Å². The fourth-order valence-electron chi connectivity index (χ4n) is 2.22. The monoisotopic (exact) mass is 284 g/mol. The first-order valence-electron chi connectivity index (χ1n) is 6.28. The molecule has 0 atom stereocenters. The maximum Gasteiger partial charge on any atom is 0.245 e. The Kier molecular flexibility index (Phi) is 3.85. The number of nitrogens with one attached hydrogen (secondary N) is 1. The lowest BCUT2D eigenvalue weighted by Crippen LogP contribution is -2.50. The predicted octanol–water partition coefficient (Wildman–Crippen LogP) is 1.53. The number of ether oxygens (including phenoxy) is 1. The molecule has 0 unspecified atom stereocenters. The third kappa shape index (κ3) is 2.91. The van der Waals surface area contributed by atoms with E-state index in [2.05, 4.69) is 5.32 Å². The summed E-state index contributed by atoms with van der Waals surface area (Å²) in [5.41, 5.74) is 0.173. The van der Waals surface area contributed by atoms with Crippen LogP contribution in [0.25, 0.3) is 0 Å². The van der Waals surface area contributed by atoms with Crippen molar-refractivity contribution in [3.63, 3.8) is 0 Å². The fraction of sp³-hybridized carbons (Fsp3) is 0.538. The molecule has 1 heterocycles. The predicted molar refractivity (Wildman–Crippen MR) is 74.8 cm³/mol. The first kappa shape index (κ1) is 14.3. The van der Waals surface area contributed by atoms with Crippen molar-refractivity contribution >= 4 is 15.7 Å². The van der Waals surface area contributed by atoms with Gasteiger partial charge in [0.1, 0.15) is 4.90 Å². The highest BCUT2D eigenvalue weighted by Gasteiger charge is 2.35. The number of anilines is 1. The quantitative estimate of drug-likeness (QED) is 0.914. The highest BCUT2D eigenvalue weighted by molar-refractivity contribution is 7.89. The summed E-state index contributed by atoms with van der Waals surface area (Å²) in [6, 6.07) is 6.94. The Bertz CT molecular complexity index is 555. The summed E-state index contributed by atoms with van der Waals surface area (Å²) in [6.45, 7) is 4.99. The summed E-state index contributed by atoms with van der Waals surface area (Å²) in [5, 5.41) is 2.92. The first-order valence-corrected chi connectivity index (χ1v) is 7.72. The normalized spacial score (nSPS) is 20.2. The zero-order chi connectivity index (χ0) is 14.1. The summed E-state index contributed by atoms with van der Waals surface area (Å²) in [5.74, 6) is 0. The minimum Gasteiger partial charge on any atom is -0.387 e. The molecule has 1 aliphatic rings. The van der Waals surface area contributed by atoms with Gasteiger partial charge in [-0.25, -0.2) is 8.42 Å². The van der Waals surface area contributed by atoms with E-state index >= 15 is 0 Å². The van der Waals surface area contributed by atoms with Gasteiger partial charge in [-0.2, -0.15) is 4.31 Å². The van der Waals surface area contributed by atoms with Crippen LogP contribution in [0.2, 0.25) is 0 Å². The molecule has 19 heavy (non-hydrogen) atoms. The Hall–Kier alpha value is -1.11. The zero-order valence-electron chi connectivity index (χ0n) is 11.5. The van der Waals surface area contributed by atoms with Gasteiger partial charge in [0.2, 0.25) is 10.0 Å². The summed E-state index contributed by atoms with van der Waals surface area (Å²) in [7, 11) is -1.77. The maximum atomic E-state index is 12.7. The molecular weight excluding hydrogens is 264 g/mol. The van der Waals surface area contributed by atoms with Gasteiger partial charge in [-0.3, -0.25) is 0 Å². The van der Waals surface area contributed by atoms with Crippen molar-refractivity contribution in [2.75, 3.05) is 32.1 Å². The number of hydrogen-bond acceptors (Lipinski definition) is 4. The van der Waals surface area contributed by atoms with Crippen LogP contribution in [0.1, 0.15) is 13.8 Å². The van der Waals surface area contributed by atoms with Crippen LogP contribution in [0, 0.1) is 0 Å². The first-order chi connectivity index (χ1) is 8.87. The molecule has 1 saturated heterocycles. The molecule has 1 aromatic carbocycles. The summed E-state index contributed by atoms with van der Waals surface area (Å²) in [6.07, 6.45) is 0. The Morgan fingerprint density at radius 1 is 1.32 bits per heavy atom. The Labute approximate surface area is 114 Å². The molecule has 2 rings (SSSR count). The van der Waals surface area contributed by atoms with Crippen molar-refractivity contribution in [3.8, 4) is 0 Å². The Morgan fingerprint density at radius 2 is 2.00 bits per heavy atom. The molecule has 5 nitrogen and oxygen atoms in total. The van der Waals surface area contributed by atoms with E-state index in [-0.39, 0.29) is 0 Å². The molecular formula is C13H20N2O3S. The molecule has 1 aliphatic heterocycles. The van der Waals surface area contributed by atoms with Crippen LogP contribution in [0.15, 0.2) is 29.2 Å². The van der Waals surface area contributed by atoms with Crippen molar-refractivity contribution in [3.05, 3.63) is 24.3 Å². The van der Waals surface area contributed by atoms with Crippen molar-refractivity contribution in [2.45, 2.75) is 24.3 Å². The molecule has 1 N–H and O–H groups in total. The van der Waals surface area contributed by atoms with E-state index in [1.807, 2.05) is 19.9 Å². The SMILES string of the molecule is CNc1ccccc1S(=O)(=O)N1CCOC(C)(C)C1. The van der Waals surface area contributed by atoms with Gasteiger partial charge in [0.05, 0.1) is 17.9 Å². The van der Waals surface area contributed by atoms with Crippen molar-refractivity contribution in [1.29, 1.82) is 0 Å². The smallest absolute Gasteiger partial charge is 0.245 e. The molecule has 1 fully saturated rings. The maximum absolute atomic E-state index is 12.7. The molecule has 0 aliphatic carbocycles. The lowest BCUT2D eigenvalue weighted by molar-refractivity contribution is -0.0640. The number of hydrogen-bond donors (Lipinski definition) is 1. The Morgan fingerprint density at radius 3 is 2.63 bits per heavy atom. The standard InChI is InChI=1S/C13H20N2O3S/c1-13(2)10-15(8-9-18-13)19(16,17)12-7-5-4-6-11(12)14-3/h4-7,14H,8-10H2,1-3H3. The van der Waals surface area contributed by atoms with Crippen LogP contribution in [0.4, 0.5) is 5.69 Å². The van der Waals surface area contributed by atoms with E-state index in [9.17, 15) is 8.42 Å². The number of benzene rings is 1. The highest BCUT2D eigenvalue weighted by Crippen LogP contribution is 2.27. The molecule has 106 valence electrons. The summed E-state index contributed by atoms with van der Waals surface area (Å²) < 4.78 is 32.4. The van der Waals surface area contributed by atoms with E-state index in [1.165, 1.54) is 4.31 Å². The second-order valence-electron chi connectivity index (χ2n) is 5.19. The second kappa shape index (κ2) is 5.11. The molecule has 1 aromatic rings. The van der Waals surface area contributed by atoms with E-state index in [1.54, 1.807) is 25.2 Å². The largest absolute Gasteiger partial charge is 0.387 e. The van der Waals surface area contributed by atoms with Gasteiger partial charge < -0.3 is 10.1 Å². The average molecular weight is 284 g/mol. The molecule has 0 radical (unpaired) electrons. The van der Waals surface area contributed by atoms with Crippen LogP contribution >= 0.6 is 0 Å². The third-order valence-electron chi connectivity index (χ3n) is 3.16. The fourth-order valence-corrected chi connectivity index (χ4v) is 3.99. The summed E-state index contributed by atoms with van der Waals surface area (Å²) in [4.78, 5) is 0.315. The second-order valence-corrected chi connectivity index (χ2v) is 7.10.